The monoisotopic (exact) mass is 236 g/mol. The van der Waals surface area contributed by atoms with Crippen LogP contribution in [0.3, 0.4) is 0 Å². The second-order valence-corrected chi connectivity index (χ2v) is 6.70. The topological polar surface area (TPSA) is 38.8 Å². The average molecular weight is 236 g/mol. The first kappa shape index (κ1) is 10.4. The second kappa shape index (κ2) is 2.87. The highest BCUT2D eigenvalue weighted by Crippen LogP contribution is 2.69. The molecule has 2 aliphatic heterocycles. The number of rotatable bonds is 0. The minimum absolute atomic E-state index is 0.00377. The molecule has 0 amide bonds. The minimum Gasteiger partial charge on any atom is -0.459 e. The molecule has 2 heterocycles. The molecule has 2 saturated carbocycles. The van der Waals surface area contributed by atoms with Crippen LogP contribution < -0.4 is 0 Å². The lowest BCUT2D eigenvalue weighted by Gasteiger charge is -2.28. The van der Waals surface area contributed by atoms with Gasteiger partial charge in [0.25, 0.3) is 0 Å². The summed E-state index contributed by atoms with van der Waals surface area (Å²) in [5.74, 6) is 1.72. The molecule has 4 rings (SSSR count). The van der Waals surface area contributed by atoms with E-state index in [2.05, 4.69) is 13.8 Å². The molecule has 6 atom stereocenters. The van der Waals surface area contributed by atoms with Gasteiger partial charge in [-0.1, -0.05) is 6.92 Å². The Bertz CT molecular complexity index is 393. The van der Waals surface area contributed by atoms with Crippen molar-refractivity contribution in [2.45, 2.75) is 63.3 Å². The lowest BCUT2D eigenvalue weighted by atomic mass is 9.78. The van der Waals surface area contributed by atoms with Gasteiger partial charge < -0.3 is 9.47 Å². The van der Waals surface area contributed by atoms with E-state index in [1.165, 1.54) is 12.8 Å². The molecule has 94 valence electrons. The molecule has 0 aromatic heterocycles. The third-order valence-corrected chi connectivity index (χ3v) is 5.88. The molecule has 1 spiro atoms. The van der Waals surface area contributed by atoms with Crippen LogP contribution >= 0.6 is 0 Å². The van der Waals surface area contributed by atoms with E-state index in [1.807, 2.05) is 0 Å². The quantitative estimate of drug-likeness (QED) is 0.478. The Morgan fingerprint density at radius 2 is 2.12 bits per heavy atom. The van der Waals surface area contributed by atoms with E-state index in [9.17, 15) is 4.79 Å². The molecule has 0 aromatic carbocycles. The van der Waals surface area contributed by atoms with Gasteiger partial charge in [0.2, 0.25) is 0 Å². The van der Waals surface area contributed by atoms with Gasteiger partial charge in [0.15, 0.2) is 0 Å². The van der Waals surface area contributed by atoms with Crippen LogP contribution in [0.2, 0.25) is 0 Å². The molecule has 3 heteroatoms. The van der Waals surface area contributed by atoms with Crippen molar-refractivity contribution < 1.29 is 14.3 Å². The fourth-order valence-corrected chi connectivity index (χ4v) is 4.96. The number of epoxide rings is 1. The van der Waals surface area contributed by atoms with Gasteiger partial charge in [-0.2, -0.15) is 0 Å². The molecule has 3 nitrogen and oxygen atoms in total. The van der Waals surface area contributed by atoms with Gasteiger partial charge in [0.05, 0.1) is 12.0 Å². The van der Waals surface area contributed by atoms with E-state index in [0.717, 1.165) is 12.8 Å². The molecule has 0 unspecified atom stereocenters. The Balaban J connectivity index is 1.78. The van der Waals surface area contributed by atoms with Crippen LogP contribution in [0.25, 0.3) is 0 Å². The van der Waals surface area contributed by atoms with Gasteiger partial charge >= 0.3 is 5.97 Å². The van der Waals surface area contributed by atoms with Crippen molar-refractivity contribution in [3.05, 3.63) is 0 Å². The van der Waals surface area contributed by atoms with E-state index in [4.69, 9.17) is 9.47 Å². The third kappa shape index (κ3) is 1.05. The van der Waals surface area contributed by atoms with E-state index < -0.39 is 0 Å². The molecular weight excluding hydrogens is 216 g/mol. The summed E-state index contributed by atoms with van der Waals surface area (Å²) in [7, 11) is 0. The zero-order valence-corrected chi connectivity index (χ0v) is 10.6. The van der Waals surface area contributed by atoms with E-state index in [-0.39, 0.29) is 23.3 Å². The lowest BCUT2D eigenvalue weighted by molar-refractivity contribution is -0.145. The highest BCUT2D eigenvalue weighted by Gasteiger charge is 2.80. The molecule has 0 bridgehead atoms. The van der Waals surface area contributed by atoms with Crippen LogP contribution in [-0.4, -0.2) is 23.3 Å². The summed E-state index contributed by atoms with van der Waals surface area (Å²) in [5, 5.41) is 0. The van der Waals surface area contributed by atoms with Crippen molar-refractivity contribution in [3.63, 3.8) is 0 Å². The van der Waals surface area contributed by atoms with Gasteiger partial charge in [0.1, 0.15) is 11.7 Å². The summed E-state index contributed by atoms with van der Waals surface area (Å²) in [5.41, 5.74) is -0.108. The van der Waals surface area contributed by atoms with Crippen molar-refractivity contribution in [2.75, 3.05) is 0 Å². The van der Waals surface area contributed by atoms with Crippen LogP contribution in [0, 0.1) is 17.8 Å². The summed E-state index contributed by atoms with van der Waals surface area (Å²) >= 11 is 0. The first-order valence-electron chi connectivity index (χ1n) is 6.96. The maximum Gasteiger partial charge on any atom is 0.306 e. The van der Waals surface area contributed by atoms with E-state index in [0.29, 0.717) is 24.2 Å². The zero-order valence-electron chi connectivity index (χ0n) is 10.6. The number of esters is 1. The molecule has 4 fully saturated rings. The summed E-state index contributed by atoms with van der Waals surface area (Å²) in [6, 6.07) is 0. The Labute approximate surface area is 102 Å². The molecule has 0 aromatic rings. The van der Waals surface area contributed by atoms with Crippen molar-refractivity contribution in [2.24, 2.45) is 17.8 Å². The number of fused-ring (bicyclic) bond motifs is 1. The predicted molar refractivity (Wildman–Crippen MR) is 61.3 cm³/mol. The van der Waals surface area contributed by atoms with Crippen LogP contribution in [0.4, 0.5) is 0 Å². The van der Waals surface area contributed by atoms with Gasteiger partial charge in [-0.15, -0.1) is 0 Å². The smallest absolute Gasteiger partial charge is 0.306 e. The molecule has 2 aliphatic carbocycles. The standard InChI is InChI=1S/C14H20O3/c1-8-3-4-9-7-11(15)16-12(9)14-10(8)5-6-13(14,2)17-14/h8-10,12H,3-7H2,1-2H3/t8-,9-,10-,12+,13+,14+/m0/s1. The SMILES string of the molecule is C[C@H]1CC[C@H]2CC(=O)O[C@H]2[C@@]23O[C@]2(C)CC[C@@H]13. The minimum atomic E-state index is -0.111. The van der Waals surface area contributed by atoms with Gasteiger partial charge in [0, 0.05) is 5.92 Å². The van der Waals surface area contributed by atoms with E-state index in [1.54, 1.807) is 0 Å². The lowest BCUT2D eigenvalue weighted by Crippen LogP contribution is -2.42. The van der Waals surface area contributed by atoms with Crippen molar-refractivity contribution >= 4 is 5.97 Å². The van der Waals surface area contributed by atoms with Crippen molar-refractivity contribution in [1.29, 1.82) is 0 Å². The maximum atomic E-state index is 11.6. The molecule has 2 saturated heterocycles. The number of carbonyl (C=O) groups excluding carboxylic acids is 1. The molecular formula is C14H20O3. The van der Waals surface area contributed by atoms with Crippen LogP contribution in [0.1, 0.15) is 46.0 Å². The Kier molecular flexibility index (Phi) is 1.75. The predicted octanol–water partition coefficient (Wildman–Crippen LogP) is 2.29. The summed E-state index contributed by atoms with van der Waals surface area (Å²) in [4.78, 5) is 11.6. The number of hydrogen-bond acceptors (Lipinski definition) is 3. The third-order valence-electron chi connectivity index (χ3n) is 5.88. The van der Waals surface area contributed by atoms with Crippen LogP contribution in [0.5, 0.6) is 0 Å². The fraction of sp³-hybridized carbons (Fsp3) is 0.929. The highest BCUT2D eigenvalue weighted by atomic mass is 16.7. The van der Waals surface area contributed by atoms with Crippen molar-refractivity contribution in [1.82, 2.24) is 0 Å². The first-order valence-corrected chi connectivity index (χ1v) is 6.96. The maximum absolute atomic E-state index is 11.6. The molecule has 0 N–H and O–H groups in total. The largest absolute Gasteiger partial charge is 0.459 e. The second-order valence-electron chi connectivity index (χ2n) is 6.70. The summed E-state index contributed by atoms with van der Waals surface area (Å²) in [6.07, 6.45) is 5.42. The molecule has 0 radical (unpaired) electrons. The zero-order chi connectivity index (χ0) is 11.8. The van der Waals surface area contributed by atoms with Gasteiger partial charge in [-0.3, -0.25) is 4.79 Å². The summed E-state index contributed by atoms with van der Waals surface area (Å²) in [6.45, 7) is 4.57. The van der Waals surface area contributed by atoms with Crippen LogP contribution in [-0.2, 0) is 14.3 Å². The average Bonchev–Trinajstić information content (AvgIpc) is 2.62. The van der Waals surface area contributed by atoms with Gasteiger partial charge in [-0.25, -0.2) is 0 Å². The van der Waals surface area contributed by atoms with E-state index >= 15 is 0 Å². The number of ether oxygens (including phenoxy) is 2. The first-order chi connectivity index (χ1) is 8.07. The molecule has 4 aliphatic rings. The Morgan fingerprint density at radius 1 is 1.29 bits per heavy atom. The fourth-order valence-electron chi connectivity index (χ4n) is 4.96. The van der Waals surface area contributed by atoms with Crippen LogP contribution in [0.15, 0.2) is 0 Å². The summed E-state index contributed by atoms with van der Waals surface area (Å²) < 4.78 is 11.8. The number of hydrogen-bond donors (Lipinski definition) is 0. The Morgan fingerprint density at radius 3 is 2.88 bits per heavy atom. The van der Waals surface area contributed by atoms with Gasteiger partial charge in [-0.05, 0) is 44.4 Å². The Hall–Kier alpha value is -0.570. The highest BCUT2D eigenvalue weighted by molar-refractivity contribution is 5.72. The normalized spacial score (nSPS) is 60.0. The number of carbonyl (C=O) groups is 1. The molecule has 17 heavy (non-hydrogen) atoms. The van der Waals surface area contributed by atoms with Crippen molar-refractivity contribution in [3.8, 4) is 0 Å².